The van der Waals surface area contributed by atoms with Gasteiger partial charge in [0.25, 0.3) is 0 Å². The highest BCUT2D eigenvalue weighted by Gasteiger charge is 2.39. The summed E-state index contributed by atoms with van der Waals surface area (Å²) in [6.45, 7) is 8.32. The third-order valence-corrected chi connectivity index (χ3v) is 9.26. The van der Waals surface area contributed by atoms with Gasteiger partial charge in [0.1, 0.15) is 23.9 Å². The number of hydrogen-bond donors (Lipinski definition) is 2. The van der Waals surface area contributed by atoms with Crippen LogP contribution in [0.2, 0.25) is 25.7 Å². The van der Waals surface area contributed by atoms with Gasteiger partial charge in [-0.2, -0.15) is 0 Å². The summed E-state index contributed by atoms with van der Waals surface area (Å²) in [5, 5.41) is 4.89. The molecule has 0 spiro atoms. The summed E-state index contributed by atoms with van der Waals surface area (Å²) in [6.07, 6.45) is 3.24. The smallest absolute Gasteiger partial charge is 0.319 e. The van der Waals surface area contributed by atoms with Crippen molar-refractivity contribution in [1.29, 1.82) is 0 Å². The molecule has 0 radical (unpaired) electrons. The van der Waals surface area contributed by atoms with Crippen molar-refractivity contribution in [3.63, 3.8) is 0 Å². The van der Waals surface area contributed by atoms with Crippen LogP contribution in [-0.2, 0) is 16.2 Å². The molecule has 0 bridgehead atoms. The van der Waals surface area contributed by atoms with Crippen LogP contribution in [0.3, 0.4) is 0 Å². The molecule has 3 heterocycles. The summed E-state index contributed by atoms with van der Waals surface area (Å²) in [6, 6.07) is 7.16. The molecule has 0 aliphatic carbocycles. The van der Waals surface area contributed by atoms with Crippen molar-refractivity contribution in [3.05, 3.63) is 71.8 Å². The maximum atomic E-state index is 15.3. The molecule has 4 aromatic rings. The Hall–Kier alpha value is -4.27. The topological polar surface area (TPSA) is 104 Å². The maximum Gasteiger partial charge on any atom is 0.319 e. The molecule has 1 saturated heterocycles. The number of pyridine rings is 1. The predicted molar refractivity (Wildman–Crippen MR) is 172 cm³/mol. The second kappa shape index (κ2) is 13.8. The summed E-state index contributed by atoms with van der Waals surface area (Å²) in [4.78, 5) is 29.2. The highest BCUT2D eigenvalue weighted by Crippen LogP contribution is 2.40. The minimum Gasteiger partial charge on any atom is -0.450 e. The molecule has 47 heavy (non-hydrogen) atoms. The minimum atomic E-state index is -1.68. The van der Waals surface area contributed by atoms with Gasteiger partial charge in [-0.3, -0.25) is 4.79 Å². The molecule has 2 amide bonds. The SMILES string of the molecule is CCC(=O)c1cc(F)cc(-c2cn(COCC[Si](C)(C)C)c3nccc(Oc4c(F)cc(NC(=O)NCC5(F)COC5)cc4F)c23)c1. The van der Waals surface area contributed by atoms with Crippen molar-refractivity contribution in [3.8, 4) is 22.6 Å². The molecule has 0 atom stereocenters. The molecule has 250 valence electrons. The zero-order chi connectivity index (χ0) is 33.9. The normalized spacial score (nSPS) is 14.1. The summed E-state index contributed by atoms with van der Waals surface area (Å²) < 4.78 is 77.8. The molecule has 1 aliphatic heterocycles. The first-order chi connectivity index (χ1) is 22.2. The molecule has 2 aromatic carbocycles. The van der Waals surface area contributed by atoms with E-state index >= 15 is 8.78 Å². The number of aromatic nitrogens is 2. The van der Waals surface area contributed by atoms with Gasteiger partial charge >= 0.3 is 6.03 Å². The van der Waals surface area contributed by atoms with E-state index in [0.29, 0.717) is 28.8 Å². The van der Waals surface area contributed by atoms with Crippen LogP contribution in [0.15, 0.2) is 48.8 Å². The molecule has 9 nitrogen and oxygen atoms in total. The van der Waals surface area contributed by atoms with Crippen molar-refractivity contribution in [2.75, 3.05) is 31.7 Å². The second-order valence-electron chi connectivity index (χ2n) is 12.7. The molecule has 2 N–H and O–H groups in total. The van der Waals surface area contributed by atoms with E-state index in [2.05, 4.69) is 35.3 Å². The number of rotatable bonds is 13. The number of benzene rings is 2. The minimum absolute atomic E-state index is 0.00527. The Morgan fingerprint density at radius 3 is 2.45 bits per heavy atom. The lowest BCUT2D eigenvalue weighted by Gasteiger charge is -2.33. The van der Waals surface area contributed by atoms with Crippen molar-refractivity contribution in [2.24, 2.45) is 0 Å². The van der Waals surface area contributed by atoms with E-state index < -0.39 is 43.0 Å². The van der Waals surface area contributed by atoms with E-state index in [1.165, 1.54) is 18.3 Å². The number of carbonyl (C=O) groups is 2. The quantitative estimate of drug-likeness (QED) is 0.0654. The van der Waals surface area contributed by atoms with E-state index in [1.807, 2.05) is 0 Å². The van der Waals surface area contributed by atoms with Gasteiger partial charge in [0.15, 0.2) is 28.8 Å². The number of amides is 2. The Labute approximate surface area is 270 Å². The lowest BCUT2D eigenvalue weighted by atomic mass is 10.00. The second-order valence-corrected chi connectivity index (χ2v) is 18.3. The van der Waals surface area contributed by atoms with E-state index in [9.17, 15) is 18.4 Å². The van der Waals surface area contributed by atoms with Gasteiger partial charge in [-0.1, -0.05) is 26.6 Å². The third kappa shape index (κ3) is 8.18. The fraction of sp³-hybridized carbons (Fsp3) is 0.364. The van der Waals surface area contributed by atoms with Crippen LogP contribution in [0, 0.1) is 17.5 Å². The number of fused-ring (bicyclic) bond motifs is 1. The molecular weight excluding hydrogens is 636 g/mol. The molecule has 1 fully saturated rings. The number of anilines is 1. The number of ketones is 1. The zero-order valence-electron chi connectivity index (χ0n) is 26.5. The largest absolute Gasteiger partial charge is 0.450 e. The first-order valence-corrected chi connectivity index (χ1v) is 18.8. The number of urea groups is 1. The number of halogens is 4. The molecule has 14 heteroatoms. The number of hydrogen-bond acceptors (Lipinski definition) is 6. The monoisotopic (exact) mass is 672 g/mol. The van der Waals surface area contributed by atoms with Crippen LogP contribution < -0.4 is 15.4 Å². The van der Waals surface area contributed by atoms with Crippen molar-refractivity contribution in [2.45, 2.75) is 51.4 Å². The van der Waals surface area contributed by atoms with Crippen LogP contribution in [0.1, 0.15) is 23.7 Å². The molecule has 1 aliphatic rings. The maximum absolute atomic E-state index is 15.3. The third-order valence-electron chi connectivity index (χ3n) is 7.55. The van der Waals surface area contributed by atoms with Crippen LogP contribution in [0.25, 0.3) is 22.2 Å². The predicted octanol–water partition coefficient (Wildman–Crippen LogP) is 7.68. The number of nitrogens with zero attached hydrogens (tertiary/aromatic N) is 2. The van der Waals surface area contributed by atoms with Crippen molar-refractivity contribution < 1.29 is 41.4 Å². The Balaban J connectivity index is 1.48. The molecule has 5 rings (SSSR count). The number of nitrogens with one attached hydrogen (secondary N) is 2. The summed E-state index contributed by atoms with van der Waals surface area (Å²) >= 11 is 0. The van der Waals surface area contributed by atoms with Gasteiger partial charge < -0.3 is 29.4 Å². The number of carbonyl (C=O) groups excluding carboxylic acids is 2. The number of alkyl halides is 1. The lowest BCUT2D eigenvalue weighted by Crippen LogP contribution is -2.54. The Morgan fingerprint density at radius 1 is 1.09 bits per heavy atom. The van der Waals surface area contributed by atoms with E-state index in [-0.39, 0.29) is 55.7 Å². The van der Waals surface area contributed by atoms with Gasteiger partial charge in [-0.25, -0.2) is 27.3 Å². The van der Waals surface area contributed by atoms with Gasteiger partial charge in [0.05, 0.1) is 25.1 Å². The standard InChI is InChI=1S/C33H36F4N4O5Si/c1-5-27(42)21-10-20(11-22(34)12-21)24-15-41(19-44-8-9-47(2,3)4)31-29(24)28(6-7-38-31)46-30-25(35)13-23(14-26(30)36)40-32(43)39-16-33(37)17-45-18-33/h6-7,10-15H,5,8-9,16-19H2,1-4H3,(H2,39,40,43). The van der Waals surface area contributed by atoms with Gasteiger partial charge in [-0.05, 0) is 35.9 Å². The van der Waals surface area contributed by atoms with E-state index in [1.54, 1.807) is 23.8 Å². The average Bonchev–Trinajstić information content (AvgIpc) is 3.37. The molecule has 2 aromatic heterocycles. The zero-order valence-corrected chi connectivity index (χ0v) is 27.5. The van der Waals surface area contributed by atoms with Gasteiger partial charge in [-0.15, -0.1) is 0 Å². The molecule has 0 saturated carbocycles. The van der Waals surface area contributed by atoms with Crippen LogP contribution in [-0.4, -0.2) is 61.5 Å². The first-order valence-electron chi connectivity index (χ1n) is 15.1. The molecule has 0 unspecified atom stereocenters. The Bertz CT molecular complexity index is 1780. The van der Waals surface area contributed by atoms with Crippen LogP contribution in [0.5, 0.6) is 11.5 Å². The van der Waals surface area contributed by atoms with Gasteiger partial charge in [0, 0.05) is 62.4 Å². The van der Waals surface area contributed by atoms with E-state index in [4.69, 9.17) is 14.2 Å². The summed E-state index contributed by atoms with van der Waals surface area (Å²) in [5.41, 5.74) is -0.653. The Kier molecular flexibility index (Phi) is 10.0. The van der Waals surface area contributed by atoms with Gasteiger partial charge in [0.2, 0.25) is 0 Å². The average molecular weight is 673 g/mol. The van der Waals surface area contributed by atoms with Crippen molar-refractivity contribution in [1.82, 2.24) is 14.9 Å². The Morgan fingerprint density at radius 2 is 1.81 bits per heavy atom. The summed E-state index contributed by atoms with van der Waals surface area (Å²) in [5.74, 6) is -3.90. The lowest BCUT2D eigenvalue weighted by molar-refractivity contribution is -0.125. The fourth-order valence-electron chi connectivity index (χ4n) is 4.92. The number of ether oxygens (including phenoxy) is 3. The highest BCUT2D eigenvalue weighted by molar-refractivity contribution is 6.76. The van der Waals surface area contributed by atoms with Crippen LogP contribution >= 0.6 is 0 Å². The summed E-state index contributed by atoms with van der Waals surface area (Å²) in [7, 11) is -1.37. The fourth-order valence-corrected chi connectivity index (χ4v) is 5.68. The van der Waals surface area contributed by atoms with Crippen LogP contribution in [0.4, 0.5) is 28.0 Å². The highest BCUT2D eigenvalue weighted by atomic mass is 28.3. The first kappa shape index (κ1) is 34.1. The molecular formula is C33H36F4N4O5Si. The van der Waals surface area contributed by atoms with Crippen molar-refractivity contribution >= 4 is 36.6 Å². The van der Waals surface area contributed by atoms with E-state index in [0.717, 1.165) is 24.2 Å². The number of Topliss-reactive ketones (excluding diaryl/α,β-unsaturated/α-hetero) is 1.